The number of amides is 1. The summed E-state index contributed by atoms with van der Waals surface area (Å²) in [6.07, 6.45) is 2.29. The smallest absolute Gasteiger partial charge is 0.407 e. The maximum atomic E-state index is 10.9. The molecular formula is C10H18N2O3. The molecule has 2 N–H and O–H groups in total. The molecule has 15 heavy (non-hydrogen) atoms. The molecule has 0 aromatic heterocycles. The minimum absolute atomic E-state index is 0.0662. The molecule has 2 rings (SSSR count). The molecular weight excluding hydrogens is 196 g/mol. The van der Waals surface area contributed by atoms with Crippen molar-refractivity contribution in [2.75, 3.05) is 32.8 Å². The molecule has 2 fully saturated rings. The van der Waals surface area contributed by atoms with Crippen LogP contribution < -0.4 is 0 Å². The predicted molar refractivity (Wildman–Crippen MR) is 54.8 cm³/mol. The number of rotatable bonds is 1. The van der Waals surface area contributed by atoms with Crippen molar-refractivity contribution in [3.8, 4) is 0 Å². The van der Waals surface area contributed by atoms with Crippen LogP contribution in [-0.2, 0) is 0 Å². The molecule has 86 valence electrons. The zero-order valence-electron chi connectivity index (χ0n) is 8.85. The van der Waals surface area contributed by atoms with E-state index in [4.69, 9.17) is 5.11 Å². The van der Waals surface area contributed by atoms with E-state index in [1.165, 1.54) is 4.90 Å². The second-order valence-electron chi connectivity index (χ2n) is 4.53. The molecule has 1 unspecified atom stereocenters. The number of carboxylic acid groups (broad SMARTS) is 1. The highest BCUT2D eigenvalue weighted by Crippen LogP contribution is 2.31. The molecule has 0 aromatic carbocycles. The van der Waals surface area contributed by atoms with Crippen LogP contribution in [0, 0.1) is 0 Å². The molecule has 0 spiro atoms. The zero-order valence-corrected chi connectivity index (χ0v) is 8.85. The fraction of sp³-hybridized carbons (Fsp3) is 0.900. The van der Waals surface area contributed by atoms with Gasteiger partial charge in [0, 0.05) is 19.6 Å². The summed E-state index contributed by atoms with van der Waals surface area (Å²) >= 11 is 0. The van der Waals surface area contributed by atoms with Gasteiger partial charge in [0.25, 0.3) is 0 Å². The number of aliphatic hydroxyl groups excluding tert-OH is 1. The van der Waals surface area contributed by atoms with Gasteiger partial charge in [0.1, 0.15) is 0 Å². The molecule has 5 nitrogen and oxygen atoms in total. The third kappa shape index (κ3) is 1.81. The van der Waals surface area contributed by atoms with E-state index in [0.717, 1.165) is 32.4 Å². The van der Waals surface area contributed by atoms with Crippen molar-refractivity contribution in [1.29, 1.82) is 0 Å². The van der Waals surface area contributed by atoms with E-state index in [9.17, 15) is 9.90 Å². The maximum absolute atomic E-state index is 10.9. The molecule has 0 saturated carbocycles. The van der Waals surface area contributed by atoms with Gasteiger partial charge in [0.15, 0.2) is 0 Å². The van der Waals surface area contributed by atoms with Gasteiger partial charge >= 0.3 is 6.09 Å². The highest BCUT2D eigenvalue weighted by molar-refractivity contribution is 5.65. The van der Waals surface area contributed by atoms with E-state index < -0.39 is 6.09 Å². The average Bonchev–Trinajstić information content (AvgIpc) is 2.28. The highest BCUT2D eigenvalue weighted by atomic mass is 16.4. The summed E-state index contributed by atoms with van der Waals surface area (Å²) in [5.41, 5.74) is -0.297. The molecule has 0 radical (unpaired) electrons. The first-order valence-corrected chi connectivity index (χ1v) is 5.52. The topological polar surface area (TPSA) is 64.0 Å². The number of fused-ring (bicyclic) bond motifs is 1. The fourth-order valence-electron chi connectivity index (χ4n) is 2.75. The van der Waals surface area contributed by atoms with Gasteiger partial charge in [-0.05, 0) is 19.4 Å². The van der Waals surface area contributed by atoms with E-state index >= 15 is 0 Å². The SMILES string of the molecule is O=C(O)N1CCN2CCCCC2(CO)C1. The second kappa shape index (κ2) is 3.98. The van der Waals surface area contributed by atoms with E-state index in [1.807, 2.05) is 0 Å². The van der Waals surface area contributed by atoms with E-state index in [-0.39, 0.29) is 12.1 Å². The van der Waals surface area contributed by atoms with Crippen LogP contribution >= 0.6 is 0 Å². The number of carbonyl (C=O) groups is 1. The Labute approximate surface area is 89.3 Å². The molecule has 2 aliphatic heterocycles. The predicted octanol–water partition coefficient (Wildman–Crippen LogP) is 0.197. The number of hydrogen-bond acceptors (Lipinski definition) is 3. The molecule has 2 aliphatic rings. The molecule has 1 amide bonds. The summed E-state index contributed by atoms with van der Waals surface area (Å²) in [5.74, 6) is 0. The minimum atomic E-state index is -0.868. The summed E-state index contributed by atoms with van der Waals surface area (Å²) < 4.78 is 0. The van der Waals surface area contributed by atoms with Crippen molar-refractivity contribution in [2.24, 2.45) is 0 Å². The Morgan fingerprint density at radius 3 is 2.73 bits per heavy atom. The highest BCUT2D eigenvalue weighted by Gasteiger charge is 2.43. The summed E-state index contributed by atoms with van der Waals surface area (Å²) in [6.45, 7) is 2.84. The molecule has 0 aromatic rings. The van der Waals surface area contributed by atoms with Crippen molar-refractivity contribution in [3.63, 3.8) is 0 Å². The normalized spacial score (nSPS) is 32.5. The third-order valence-electron chi connectivity index (χ3n) is 3.68. The Kier molecular flexibility index (Phi) is 2.84. The van der Waals surface area contributed by atoms with Crippen molar-refractivity contribution in [2.45, 2.75) is 24.8 Å². The fourth-order valence-corrected chi connectivity index (χ4v) is 2.75. The van der Waals surface area contributed by atoms with Gasteiger partial charge in [0.2, 0.25) is 0 Å². The first-order chi connectivity index (χ1) is 7.18. The molecule has 5 heteroatoms. The van der Waals surface area contributed by atoms with Crippen LogP contribution in [0.25, 0.3) is 0 Å². The van der Waals surface area contributed by atoms with Gasteiger partial charge in [-0.1, -0.05) is 6.42 Å². The third-order valence-corrected chi connectivity index (χ3v) is 3.68. The lowest BCUT2D eigenvalue weighted by Crippen LogP contribution is -2.66. The van der Waals surface area contributed by atoms with Crippen molar-refractivity contribution < 1.29 is 15.0 Å². The number of nitrogens with zero attached hydrogens (tertiary/aromatic N) is 2. The lowest BCUT2D eigenvalue weighted by Gasteiger charge is -2.51. The summed E-state index contributed by atoms with van der Waals surface area (Å²) in [6, 6.07) is 0. The van der Waals surface area contributed by atoms with Crippen LogP contribution in [-0.4, -0.2) is 64.4 Å². The Morgan fingerprint density at radius 1 is 1.27 bits per heavy atom. The molecule has 0 aliphatic carbocycles. The number of hydrogen-bond donors (Lipinski definition) is 2. The van der Waals surface area contributed by atoms with Gasteiger partial charge < -0.3 is 15.1 Å². The molecule has 2 saturated heterocycles. The van der Waals surface area contributed by atoms with Crippen LogP contribution in [0.1, 0.15) is 19.3 Å². The first kappa shape index (κ1) is 10.7. The van der Waals surface area contributed by atoms with E-state index in [2.05, 4.69) is 4.90 Å². The molecule has 0 bridgehead atoms. The molecule has 2 heterocycles. The van der Waals surface area contributed by atoms with Crippen molar-refractivity contribution in [1.82, 2.24) is 9.80 Å². The number of aliphatic hydroxyl groups is 1. The van der Waals surface area contributed by atoms with Gasteiger partial charge in [0.05, 0.1) is 12.1 Å². The Balaban J connectivity index is 2.13. The lowest BCUT2D eigenvalue weighted by atomic mass is 9.85. The van der Waals surface area contributed by atoms with Crippen molar-refractivity contribution in [3.05, 3.63) is 0 Å². The number of piperazine rings is 1. The summed E-state index contributed by atoms with van der Waals surface area (Å²) in [4.78, 5) is 14.6. The van der Waals surface area contributed by atoms with Gasteiger partial charge in [-0.2, -0.15) is 0 Å². The zero-order chi connectivity index (χ0) is 10.9. The Hall–Kier alpha value is -0.810. The minimum Gasteiger partial charge on any atom is -0.465 e. The summed E-state index contributed by atoms with van der Waals surface area (Å²) in [5, 5.41) is 18.5. The Bertz CT molecular complexity index is 259. The second-order valence-corrected chi connectivity index (χ2v) is 4.53. The van der Waals surface area contributed by atoms with E-state index in [1.54, 1.807) is 0 Å². The molecule has 1 atom stereocenters. The average molecular weight is 214 g/mol. The largest absolute Gasteiger partial charge is 0.465 e. The monoisotopic (exact) mass is 214 g/mol. The summed E-state index contributed by atoms with van der Waals surface area (Å²) in [7, 11) is 0. The van der Waals surface area contributed by atoms with Crippen LogP contribution in [0.3, 0.4) is 0 Å². The van der Waals surface area contributed by atoms with Gasteiger partial charge in [-0.25, -0.2) is 4.79 Å². The van der Waals surface area contributed by atoms with Crippen LogP contribution in [0.2, 0.25) is 0 Å². The maximum Gasteiger partial charge on any atom is 0.407 e. The quantitative estimate of drug-likeness (QED) is 0.654. The van der Waals surface area contributed by atoms with Crippen LogP contribution in [0.5, 0.6) is 0 Å². The van der Waals surface area contributed by atoms with Crippen LogP contribution in [0.15, 0.2) is 0 Å². The van der Waals surface area contributed by atoms with Crippen molar-refractivity contribution >= 4 is 6.09 Å². The van der Waals surface area contributed by atoms with Gasteiger partial charge in [-0.3, -0.25) is 4.90 Å². The standard InChI is InChI=1S/C10H18N2O3/c13-8-10-3-1-2-4-12(10)6-5-11(7-10)9(14)15/h13H,1-8H2,(H,14,15). The van der Waals surface area contributed by atoms with E-state index in [0.29, 0.717) is 13.1 Å². The first-order valence-electron chi connectivity index (χ1n) is 5.52. The van der Waals surface area contributed by atoms with Gasteiger partial charge in [-0.15, -0.1) is 0 Å². The lowest BCUT2D eigenvalue weighted by molar-refractivity contribution is -0.0530. The number of piperidine rings is 1. The Morgan fingerprint density at radius 2 is 2.07 bits per heavy atom. The van der Waals surface area contributed by atoms with Crippen LogP contribution in [0.4, 0.5) is 4.79 Å².